The number of hydrogen-bond acceptors (Lipinski definition) is 6. The molecule has 0 N–H and O–H groups in total. The average Bonchev–Trinajstić information content (AvgIpc) is 3.19. The first-order valence-corrected chi connectivity index (χ1v) is 10.4. The van der Waals surface area contributed by atoms with Gasteiger partial charge in [0.05, 0.1) is 23.3 Å². The van der Waals surface area contributed by atoms with Crippen molar-refractivity contribution in [2.75, 3.05) is 13.4 Å². The molecule has 2 aromatic carbocycles. The van der Waals surface area contributed by atoms with E-state index < -0.39 is 27.7 Å². The van der Waals surface area contributed by atoms with Crippen LogP contribution in [0.3, 0.4) is 0 Å². The quantitative estimate of drug-likeness (QED) is 0.597. The van der Waals surface area contributed by atoms with Gasteiger partial charge < -0.3 is 9.26 Å². The molecule has 1 amide bonds. The van der Waals surface area contributed by atoms with Crippen molar-refractivity contribution in [2.24, 2.45) is 4.36 Å². The summed E-state index contributed by atoms with van der Waals surface area (Å²) in [4.78, 5) is 16.0. The Hall–Kier alpha value is -3.21. The van der Waals surface area contributed by atoms with Crippen LogP contribution in [-0.2, 0) is 27.1 Å². The molecule has 158 valence electrons. The zero-order valence-electron chi connectivity index (χ0n) is 15.8. The van der Waals surface area contributed by atoms with Crippen LogP contribution in [0.5, 0.6) is 5.75 Å². The number of aromatic nitrogens is 2. The van der Waals surface area contributed by atoms with Crippen LogP contribution in [0.4, 0.5) is 13.2 Å². The second-order valence-electron chi connectivity index (χ2n) is 6.26. The molecular weight excluding hydrogens is 423 g/mol. The number of benzene rings is 2. The van der Waals surface area contributed by atoms with E-state index in [1.165, 1.54) is 37.6 Å². The first kappa shape index (κ1) is 21.5. The molecule has 0 saturated heterocycles. The topological polar surface area (TPSA) is 94.7 Å². The number of carbonyl (C=O) groups is 1. The SMILES string of the molecule is COc1ccc(S(C)(=O)=NC(=O)Cc2ccc(-c3noc(C(F)(F)F)n3)cc2)cc1. The molecule has 3 rings (SSSR count). The highest BCUT2D eigenvalue weighted by atomic mass is 32.2. The fraction of sp³-hybridized carbons (Fsp3) is 0.211. The lowest BCUT2D eigenvalue weighted by Crippen LogP contribution is -2.06. The third kappa shape index (κ3) is 5.03. The lowest BCUT2D eigenvalue weighted by molar-refractivity contribution is -0.159. The molecule has 0 bridgehead atoms. The monoisotopic (exact) mass is 439 g/mol. The predicted octanol–water partition coefficient (Wildman–Crippen LogP) is 3.99. The van der Waals surface area contributed by atoms with E-state index in [0.717, 1.165) is 0 Å². The minimum Gasteiger partial charge on any atom is -0.497 e. The van der Waals surface area contributed by atoms with Crippen molar-refractivity contribution < 1.29 is 31.4 Å². The first-order valence-electron chi connectivity index (χ1n) is 8.48. The Morgan fingerprint density at radius 2 is 1.77 bits per heavy atom. The Bertz CT molecular complexity index is 1160. The van der Waals surface area contributed by atoms with Gasteiger partial charge in [0.15, 0.2) is 0 Å². The van der Waals surface area contributed by atoms with Crippen molar-refractivity contribution in [1.82, 2.24) is 10.1 Å². The Morgan fingerprint density at radius 1 is 1.13 bits per heavy atom. The molecule has 1 heterocycles. The normalized spacial score (nSPS) is 13.5. The number of hydrogen-bond donors (Lipinski definition) is 0. The fourth-order valence-electron chi connectivity index (χ4n) is 2.51. The summed E-state index contributed by atoms with van der Waals surface area (Å²) in [5.74, 6) is -1.66. The highest BCUT2D eigenvalue weighted by Crippen LogP contribution is 2.29. The summed E-state index contributed by atoms with van der Waals surface area (Å²) in [5, 5.41) is 3.30. The first-order chi connectivity index (χ1) is 14.1. The molecule has 1 aromatic heterocycles. The van der Waals surface area contributed by atoms with Gasteiger partial charge in [-0.1, -0.05) is 29.4 Å². The van der Waals surface area contributed by atoms with E-state index in [9.17, 15) is 22.2 Å². The number of methoxy groups -OCH3 is 1. The maximum Gasteiger partial charge on any atom is 0.471 e. The second kappa shape index (κ2) is 8.27. The molecule has 0 fully saturated rings. The molecule has 0 aliphatic heterocycles. The van der Waals surface area contributed by atoms with E-state index in [0.29, 0.717) is 21.8 Å². The van der Waals surface area contributed by atoms with E-state index in [1.54, 1.807) is 24.3 Å². The largest absolute Gasteiger partial charge is 0.497 e. The Kier molecular flexibility index (Phi) is 5.92. The summed E-state index contributed by atoms with van der Waals surface area (Å²) in [6.07, 6.45) is -3.48. The van der Waals surface area contributed by atoms with Gasteiger partial charge in [0, 0.05) is 16.7 Å². The molecule has 30 heavy (non-hydrogen) atoms. The van der Waals surface area contributed by atoms with E-state index in [-0.39, 0.29) is 12.2 Å². The smallest absolute Gasteiger partial charge is 0.471 e. The van der Waals surface area contributed by atoms with Gasteiger partial charge in [-0.3, -0.25) is 4.79 Å². The number of halogens is 3. The highest BCUT2D eigenvalue weighted by Gasteiger charge is 2.38. The van der Waals surface area contributed by atoms with Gasteiger partial charge in [-0.15, -0.1) is 0 Å². The molecule has 0 spiro atoms. The Morgan fingerprint density at radius 3 is 2.30 bits per heavy atom. The molecule has 0 radical (unpaired) electrons. The van der Waals surface area contributed by atoms with E-state index in [4.69, 9.17) is 4.74 Å². The maximum atomic E-state index is 12.8. The van der Waals surface area contributed by atoms with Crippen molar-refractivity contribution >= 4 is 15.6 Å². The van der Waals surface area contributed by atoms with Crippen LogP contribution in [0.25, 0.3) is 11.4 Å². The number of rotatable bonds is 5. The zero-order valence-corrected chi connectivity index (χ0v) is 16.7. The van der Waals surface area contributed by atoms with Crippen molar-refractivity contribution in [3.05, 3.63) is 60.0 Å². The van der Waals surface area contributed by atoms with Gasteiger partial charge in [-0.2, -0.15) is 22.5 Å². The summed E-state index contributed by atoms with van der Waals surface area (Å²) >= 11 is 0. The van der Waals surface area contributed by atoms with E-state index in [2.05, 4.69) is 19.0 Å². The molecule has 0 aliphatic rings. The molecule has 0 saturated carbocycles. The highest BCUT2D eigenvalue weighted by molar-refractivity contribution is 7.93. The van der Waals surface area contributed by atoms with Gasteiger partial charge in [0.2, 0.25) is 5.82 Å². The number of amides is 1. The fourth-order valence-corrected chi connectivity index (χ4v) is 3.71. The van der Waals surface area contributed by atoms with E-state index >= 15 is 0 Å². The molecule has 1 atom stereocenters. The summed E-state index contributed by atoms with van der Waals surface area (Å²) in [7, 11) is -1.43. The second-order valence-corrected chi connectivity index (χ2v) is 8.52. The molecule has 3 aromatic rings. The summed E-state index contributed by atoms with van der Waals surface area (Å²) < 4.78 is 63.5. The van der Waals surface area contributed by atoms with Crippen molar-refractivity contribution in [1.29, 1.82) is 0 Å². The zero-order chi connectivity index (χ0) is 21.9. The van der Waals surface area contributed by atoms with Crippen LogP contribution < -0.4 is 4.74 Å². The minimum absolute atomic E-state index is 0.124. The van der Waals surface area contributed by atoms with Gasteiger partial charge in [0.25, 0.3) is 5.91 Å². The molecule has 11 heteroatoms. The third-order valence-corrected chi connectivity index (χ3v) is 5.71. The Balaban J connectivity index is 1.73. The number of carbonyl (C=O) groups excluding carboxylic acids is 1. The molecule has 1 unspecified atom stereocenters. The van der Waals surface area contributed by atoms with Crippen molar-refractivity contribution in [2.45, 2.75) is 17.5 Å². The van der Waals surface area contributed by atoms with Gasteiger partial charge >= 0.3 is 12.1 Å². The van der Waals surface area contributed by atoms with Crippen LogP contribution in [-0.4, -0.2) is 33.6 Å². The van der Waals surface area contributed by atoms with Crippen LogP contribution in [0, 0.1) is 0 Å². The molecular formula is C19H16F3N3O4S. The van der Waals surface area contributed by atoms with Crippen LogP contribution >= 0.6 is 0 Å². The van der Waals surface area contributed by atoms with Gasteiger partial charge in [0.1, 0.15) is 5.75 Å². The van der Waals surface area contributed by atoms with Gasteiger partial charge in [-0.05, 0) is 29.8 Å². The predicted molar refractivity (Wildman–Crippen MR) is 101 cm³/mol. The molecule has 0 aliphatic carbocycles. The van der Waals surface area contributed by atoms with Gasteiger partial charge in [-0.25, -0.2) is 4.21 Å². The van der Waals surface area contributed by atoms with Crippen molar-refractivity contribution in [3.63, 3.8) is 0 Å². The van der Waals surface area contributed by atoms with Crippen molar-refractivity contribution in [3.8, 4) is 17.1 Å². The average molecular weight is 439 g/mol. The lowest BCUT2D eigenvalue weighted by atomic mass is 10.1. The Labute approximate surface area is 170 Å². The van der Waals surface area contributed by atoms with Crippen LogP contribution in [0.15, 0.2) is 62.3 Å². The van der Waals surface area contributed by atoms with E-state index in [1.807, 2.05) is 0 Å². The summed E-state index contributed by atoms with van der Waals surface area (Å²) in [5.41, 5.74) is 0.830. The summed E-state index contributed by atoms with van der Waals surface area (Å²) in [6.45, 7) is 0. The standard InChI is InChI=1S/C19H16F3N3O4S/c1-28-14-7-9-15(10-8-14)30(2,27)25-16(26)11-12-3-5-13(6-4-12)17-23-18(29-24-17)19(20,21)22/h3-10H,11H2,1-2H3. The minimum atomic E-state index is -4.73. The maximum absolute atomic E-state index is 12.8. The summed E-state index contributed by atoms with van der Waals surface area (Å²) in [6, 6.07) is 12.4. The third-order valence-electron chi connectivity index (χ3n) is 4.01. The number of alkyl halides is 3. The number of nitrogens with zero attached hydrogens (tertiary/aromatic N) is 3. The van der Waals surface area contributed by atoms with Crippen LogP contribution in [0.1, 0.15) is 11.5 Å². The number of ether oxygens (including phenoxy) is 1. The lowest BCUT2D eigenvalue weighted by Gasteiger charge is -2.06. The molecule has 7 nitrogen and oxygen atoms in total. The van der Waals surface area contributed by atoms with Crippen LogP contribution in [0.2, 0.25) is 0 Å².